The van der Waals surface area contributed by atoms with Gasteiger partial charge in [0, 0.05) is 24.7 Å². The van der Waals surface area contributed by atoms with Gasteiger partial charge in [0.1, 0.15) is 17.0 Å². The van der Waals surface area contributed by atoms with Crippen molar-refractivity contribution in [3.63, 3.8) is 0 Å². The number of nitrogens with zero attached hydrogens (tertiary/aromatic N) is 2. The monoisotopic (exact) mass is 463 g/mol. The van der Waals surface area contributed by atoms with Crippen molar-refractivity contribution in [3.8, 4) is 5.75 Å². The quantitative estimate of drug-likeness (QED) is 0.600. The van der Waals surface area contributed by atoms with Crippen LogP contribution < -0.4 is 10.1 Å². The molecule has 1 saturated carbocycles. The number of carbonyl (C=O) groups excluding carboxylic acids is 2. The zero-order valence-electron chi connectivity index (χ0n) is 20.3. The van der Waals surface area contributed by atoms with Gasteiger partial charge in [-0.05, 0) is 42.9 Å². The summed E-state index contributed by atoms with van der Waals surface area (Å²) in [5, 5.41) is 3.34. The van der Waals surface area contributed by atoms with Crippen LogP contribution in [0.15, 0.2) is 47.1 Å². The van der Waals surface area contributed by atoms with Crippen molar-refractivity contribution in [1.82, 2.24) is 14.8 Å². The summed E-state index contributed by atoms with van der Waals surface area (Å²) in [7, 11) is 1.63. The van der Waals surface area contributed by atoms with Crippen LogP contribution in [0.25, 0.3) is 11.1 Å². The van der Waals surface area contributed by atoms with E-state index in [0.717, 1.165) is 29.7 Å². The van der Waals surface area contributed by atoms with E-state index in [1.807, 2.05) is 41.8 Å². The highest BCUT2D eigenvalue weighted by Gasteiger charge is 2.48. The lowest BCUT2D eigenvalue weighted by Gasteiger charge is -2.45. The van der Waals surface area contributed by atoms with E-state index in [1.54, 1.807) is 24.3 Å². The maximum atomic E-state index is 13.9. The van der Waals surface area contributed by atoms with Crippen LogP contribution in [0, 0.1) is 11.8 Å². The molecule has 3 aromatic rings. The van der Waals surface area contributed by atoms with E-state index in [0.29, 0.717) is 36.2 Å². The first-order chi connectivity index (χ1) is 16.3. The molecule has 0 bridgehead atoms. The molecule has 1 aliphatic heterocycles. The molecule has 34 heavy (non-hydrogen) atoms. The largest absolute Gasteiger partial charge is 0.497 e. The van der Waals surface area contributed by atoms with Crippen molar-refractivity contribution >= 4 is 22.9 Å². The minimum atomic E-state index is -1.05. The Bertz CT molecular complexity index is 1210. The smallest absolute Gasteiger partial charge is 0.271 e. The molecule has 2 amide bonds. The molecule has 0 unspecified atom stereocenters. The van der Waals surface area contributed by atoms with Crippen molar-refractivity contribution in [1.29, 1.82) is 0 Å². The Morgan fingerprint density at radius 3 is 2.71 bits per heavy atom. The van der Waals surface area contributed by atoms with Gasteiger partial charge < -0.3 is 23.9 Å². The third-order valence-corrected chi connectivity index (χ3v) is 8.06. The van der Waals surface area contributed by atoms with Gasteiger partial charge >= 0.3 is 0 Å². The molecular weight excluding hydrogens is 430 g/mol. The number of hydrogen-bond acceptors (Lipinski definition) is 4. The van der Waals surface area contributed by atoms with Gasteiger partial charge in [0.05, 0.1) is 25.4 Å². The highest BCUT2D eigenvalue weighted by molar-refractivity contribution is 6.02. The lowest BCUT2D eigenvalue weighted by molar-refractivity contribution is -0.134. The number of aromatic nitrogens is 1. The number of benzene rings is 1. The molecule has 0 spiro atoms. The third kappa shape index (κ3) is 3.67. The molecule has 7 heteroatoms. The van der Waals surface area contributed by atoms with Crippen molar-refractivity contribution in [3.05, 3.63) is 53.9 Å². The average molecular weight is 464 g/mol. The zero-order chi connectivity index (χ0) is 24.0. The van der Waals surface area contributed by atoms with E-state index in [2.05, 4.69) is 19.2 Å². The third-order valence-electron chi connectivity index (χ3n) is 8.06. The number of furan rings is 1. The second-order valence-electron chi connectivity index (χ2n) is 10.1. The Balaban J connectivity index is 1.51. The molecule has 4 atom stereocenters. The number of amides is 2. The summed E-state index contributed by atoms with van der Waals surface area (Å²) in [5.41, 5.74) is 1.94. The van der Waals surface area contributed by atoms with Gasteiger partial charge in [-0.1, -0.05) is 38.8 Å². The van der Waals surface area contributed by atoms with E-state index >= 15 is 0 Å². The zero-order valence-corrected chi connectivity index (χ0v) is 20.3. The first-order valence-corrected chi connectivity index (χ1v) is 12.1. The SMILES string of the molecule is COc1ccc(CN2C(=O)c3cc4occc4n3C[C@]2(C)C(=O)N[C@@H]2CCC[C@@H](C)[C@@H]2C)cc1. The van der Waals surface area contributed by atoms with Crippen molar-refractivity contribution in [2.24, 2.45) is 11.8 Å². The van der Waals surface area contributed by atoms with Gasteiger partial charge in [0.25, 0.3) is 5.91 Å². The van der Waals surface area contributed by atoms with E-state index in [1.165, 1.54) is 6.42 Å². The van der Waals surface area contributed by atoms with E-state index < -0.39 is 5.54 Å². The lowest BCUT2D eigenvalue weighted by atomic mass is 9.77. The van der Waals surface area contributed by atoms with Crippen molar-refractivity contribution < 1.29 is 18.7 Å². The number of carbonyl (C=O) groups is 2. The minimum Gasteiger partial charge on any atom is -0.497 e. The topological polar surface area (TPSA) is 76.7 Å². The Morgan fingerprint density at radius 1 is 1.21 bits per heavy atom. The molecular formula is C27H33N3O4. The number of nitrogens with one attached hydrogen (secondary N) is 1. The van der Waals surface area contributed by atoms with Crippen molar-refractivity contribution in [2.45, 2.75) is 64.7 Å². The van der Waals surface area contributed by atoms with E-state index in [-0.39, 0.29) is 17.9 Å². The van der Waals surface area contributed by atoms with E-state index in [4.69, 9.17) is 9.15 Å². The summed E-state index contributed by atoms with van der Waals surface area (Å²) in [6.45, 7) is 7.06. The molecule has 1 fully saturated rings. The van der Waals surface area contributed by atoms with Crippen LogP contribution in [0.4, 0.5) is 0 Å². The van der Waals surface area contributed by atoms with Crippen LogP contribution in [-0.2, 0) is 17.9 Å². The van der Waals surface area contributed by atoms with Gasteiger partial charge in [-0.2, -0.15) is 0 Å². The number of fused-ring (bicyclic) bond motifs is 3. The molecule has 1 aromatic carbocycles. The van der Waals surface area contributed by atoms with Crippen LogP contribution in [0.1, 0.15) is 56.1 Å². The first kappa shape index (κ1) is 22.6. The molecule has 5 rings (SSSR count). The maximum Gasteiger partial charge on any atom is 0.271 e. The predicted molar refractivity (Wildman–Crippen MR) is 130 cm³/mol. The number of ether oxygens (including phenoxy) is 1. The molecule has 1 N–H and O–H groups in total. The maximum absolute atomic E-state index is 13.9. The van der Waals surface area contributed by atoms with Crippen LogP contribution in [0.3, 0.4) is 0 Å². The standard InChI is InChI=1S/C27H33N3O4/c1-17-6-5-7-21(18(17)2)28-26(32)27(3)16-29-22-12-13-34-24(22)14-23(29)25(31)30(27)15-19-8-10-20(33-4)11-9-19/h8-14,17-18,21H,5-7,15-16H2,1-4H3,(H,28,32)/t17-,18+,21-,27-/m1/s1. The second-order valence-corrected chi connectivity index (χ2v) is 10.1. The molecule has 2 aromatic heterocycles. The van der Waals surface area contributed by atoms with Crippen LogP contribution >= 0.6 is 0 Å². The second kappa shape index (κ2) is 8.53. The highest BCUT2D eigenvalue weighted by Crippen LogP contribution is 2.35. The summed E-state index contributed by atoms with van der Waals surface area (Å²) >= 11 is 0. The van der Waals surface area contributed by atoms with Crippen LogP contribution in [0.2, 0.25) is 0 Å². The van der Waals surface area contributed by atoms with Gasteiger partial charge in [0.15, 0.2) is 5.58 Å². The van der Waals surface area contributed by atoms with Gasteiger partial charge in [0.2, 0.25) is 5.91 Å². The fraction of sp³-hybridized carbons (Fsp3) is 0.481. The summed E-state index contributed by atoms with van der Waals surface area (Å²) in [6, 6.07) is 11.4. The molecule has 1 aliphatic carbocycles. The fourth-order valence-corrected chi connectivity index (χ4v) is 5.54. The number of rotatable bonds is 5. The minimum absolute atomic E-state index is 0.101. The average Bonchev–Trinajstić information content (AvgIpc) is 3.42. The normalized spacial score (nSPS) is 27.0. The van der Waals surface area contributed by atoms with E-state index in [9.17, 15) is 9.59 Å². The summed E-state index contributed by atoms with van der Waals surface area (Å²) < 4.78 is 12.8. The summed E-state index contributed by atoms with van der Waals surface area (Å²) in [5.74, 6) is 1.45. The van der Waals surface area contributed by atoms with Gasteiger partial charge in [-0.15, -0.1) is 0 Å². The van der Waals surface area contributed by atoms with Gasteiger partial charge in [-0.3, -0.25) is 9.59 Å². The molecule has 0 radical (unpaired) electrons. The van der Waals surface area contributed by atoms with Crippen molar-refractivity contribution in [2.75, 3.05) is 7.11 Å². The first-order valence-electron chi connectivity index (χ1n) is 12.1. The number of methoxy groups -OCH3 is 1. The van der Waals surface area contributed by atoms with Crippen LogP contribution in [0.5, 0.6) is 5.75 Å². The molecule has 3 heterocycles. The molecule has 7 nitrogen and oxygen atoms in total. The Morgan fingerprint density at radius 2 is 1.97 bits per heavy atom. The lowest BCUT2D eigenvalue weighted by Crippen LogP contribution is -2.65. The molecule has 180 valence electrons. The Labute approximate surface area is 200 Å². The number of hydrogen-bond donors (Lipinski definition) is 1. The molecule has 0 saturated heterocycles. The fourth-order valence-electron chi connectivity index (χ4n) is 5.54. The summed E-state index contributed by atoms with van der Waals surface area (Å²) in [4.78, 5) is 29.4. The Kier molecular flexibility index (Phi) is 5.66. The summed E-state index contributed by atoms with van der Waals surface area (Å²) in [6.07, 6.45) is 4.90. The Hall–Kier alpha value is -3.22. The molecule has 2 aliphatic rings. The van der Waals surface area contributed by atoms with Gasteiger partial charge in [-0.25, -0.2) is 0 Å². The predicted octanol–water partition coefficient (Wildman–Crippen LogP) is 4.60. The van der Waals surface area contributed by atoms with Crippen LogP contribution in [-0.4, -0.2) is 40.0 Å². The highest BCUT2D eigenvalue weighted by atomic mass is 16.5.